The molecule has 1 aromatic heterocycles. The standard InChI is InChI=1S/C12H16BrN3O3/c1-7-10(16(17)18)6-14-12(11(7)13)15-8-3-4-9(5-8)19-2/h6,8-9H,3-5H2,1-2H3,(H,14,15). The average Bonchev–Trinajstić information content (AvgIpc) is 2.82. The van der Waals surface area contributed by atoms with E-state index in [-0.39, 0.29) is 11.8 Å². The van der Waals surface area contributed by atoms with Crippen molar-refractivity contribution in [3.05, 3.63) is 26.3 Å². The SMILES string of the molecule is COC1CCC(Nc2ncc([N+](=O)[O-])c(C)c2Br)C1. The fourth-order valence-corrected chi connectivity index (χ4v) is 2.75. The van der Waals surface area contributed by atoms with Crippen molar-refractivity contribution in [2.45, 2.75) is 38.3 Å². The Kier molecular flexibility index (Phi) is 4.36. The normalized spacial score (nSPS) is 22.5. The first-order valence-corrected chi connectivity index (χ1v) is 6.91. The summed E-state index contributed by atoms with van der Waals surface area (Å²) >= 11 is 3.38. The monoisotopic (exact) mass is 329 g/mol. The first kappa shape index (κ1) is 14.2. The van der Waals surface area contributed by atoms with E-state index in [1.807, 2.05) is 0 Å². The lowest BCUT2D eigenvalue weighted by Gasteiger charge is -2.15. The summed E-state index contributed by atoms with van der Waals surface area (Å²) in [5, 5.41) is 14.1. The molecule has 1 aliphatic carbocycles. The Labute approximate surface area is 119 Å². The average molecular weight is 330 g/mol. The molecule has 0 radical (unpaired) electrons. The highest BCUT2D eigenvalue weighted by Crippen LogP contribution is 2.32. The Morgan fingerprint density at radius 1 is 1.58 bits per heavy atom. The quantitative estimate of drug-likeness (QED) is 0.678. The number of rotatable bonds is 4. The maximum Gasteiger partial charge on any atom is 0.291 e. The Bertz CT molecular complexity index is 495. The molecule has 2 atom stereocenters. The van der Waals surface area contributed by atoms with Crippen LogP contribution in [0.2, 0.25) is 0 Å². The molecule has 1 aliphatic rings. The first-order valence-electron chi connectivity index (χ1n) is 6.11. The molecule has 0 saturated heterocycles. The zero-order chi connectivity index (χ0) is 14.0. The van der Waals surface area contributed by atoms with Crippen LogP contribution in [-0.2, 0) is 4.74 Å². The number of aromatic nitrogens is 1. The maximum absolute atomic E-state index is 10.8. The van der Waals surface area contributed by atoms with E-state index >= 15 is 0 Å². The number of hydrogen-bond acceptors (Lipinski definition) is 5. The summed E-state index contributed by atoms with van der Waals surface area (Å²) in [6, 6.07) is 0.301. The predicted octanol–water partition coefficient (Wildman–Crippen LogP) is 3.04. The summed E-state index contributed by atoms with van der Waals surface area (Å²) < 4.78 is 5.98. The highest BCUT2D eigenvalue weighted by molar-refractivity contribution is 9.10. The second kappa shape index (κ2) is 5.83. The molecule has 1 fully saturated rings. The summed E-state index contributed by atoms with van der Waals surface area (Å²) in [7, 11) is 1.72. The molecule has 1 heterocycles. The number of pyridine rings is 1. The second-order valence-corrected chi connectivity index (χ2v) is 5.49. The van der Waals surface area contributed by atoms with E-state index in [1.165, 1.54) is 6.20 Å². The van der Waals surface area contributed by atoms with Crippen molar-refractivity contribution in [1.29, 1.82) is 0 Å². The molecular weight excluding hydrogens is 314 g/mol. The molecule has 0 bridgehead atoms. The minimum Gasteiger partial charge on any atom is -0.381 e. The van der Waals surface area contributed by atoms with Crippen molar-refractivity contribution < 1.29 is 9.66 Å². The van der Waals surface area contributed by atoms with Crippen LogP contribution in [0.4, 0.5) is 11.5 Å². The molecule has 7 heteroatoms. The number of anilines is 1. The van der Waals surface area contributed by atoms with E-state index in [9.17, 15) is 10.1 Å². The molecule has 1 N–H and O–H groups in total. The van der Waals surface area contributed by atoms with Gasteiger partial charge in [-0.1, -0.05) is 0 Å². The molecule has 2 rings (SSSR count). The van der Waals surface area contributed by atoms with Gasteiger partial charge in [-0.3, -0.25) is 10.1 Å². The summed E-state index contributed by atoms with van der Waals surface area (Å²) in [5.74, 6) is 0.657. The van der Waals surface area contributed by atoms with Gasteiger partial charge in [-0.25, -0.2) is 4.98 Å². The minimum absolute atomic E-state index is 0.0265. The Morgan fingerprint density at radius 3 is 2.89 bits per heavy atom. The number of methoxy groups -OCH3 is 1. The molecular formula is C12H16BrN3O3. The van der Waals surface area contributed by atoms with Gasteiger partial charge in [0.2, 0.25) is 0 Å². The lowest BCUT2D eigenvalue weighted by Crippen LogP contribution is -2.18. The maximum atomic E-state index is 10.8. The van der Waals surface area contributed by atoms with E-state index in [4.69, 9.17) is 4.74 Å². The van der Waals surface area contributed by atoms with Crippen LogP contribution in [0.15, 0.2) is 10.7 Å². The van der Waals surface area contributed by atoms with E-state index < -0.39 is 4.92 Å². The van der Waals surface area contributed by atoms with E-state index in [0.717, 1.165) is 19.3 Å². The number of nitro groups is 1. The molecule has 0 aliphatic heterocycles. The fraction of sp³-hybridized carbons (Fsp3) is 0.583. The smallest absolute Gasteiger partial charge is 0.291 e. The zero-order valence-corrected chi connectivity index (χ0v) is 12.4. The van der Waals surface area contributed by atoms with Gasteiger partial charge in [-0.15, -0.1) is 0 Å². The van der Waals surface area contributed by atoms with Crippen LogP contribution in [0, 0.1) is 17.0 Å². The molecule has 0 amide bonds. The van der Waals surface area contributed by atoms with Gasteiger partial charge in [0, 0.05) is 18.7 Å². The Hall–Kier alpha value is -1.21. The van der Waals surface area contributed by atoms with E-state index in [1.54, 1.807) is 14.0 Å². The lowest BCUT2D eigenvalue weighted by molar-refractivity contribution is -0.385. The van der Waals surface area contributed by atoms with Crippen LogP contribution in [0.3, 0.4) is 0 Å². The van der Waals surface area contributed by atoms with Crippen molar-refractivity contribution in [3.8, 4) is 0 Å². The van der Waals surface area contributed by atoms with Gasteiger partial charge in [-0.2, -0.15) is 0 Å². The van der Waals surface area contributed by atoms with Gasteiger partial charge in [0.15, 0.2) is 0 Å². The van der Waals surface area contributed by atoms with Gasteiger partial charge in [0.05, 0.1) is 15.5 Å². The van der Waals surface area contributed by atoms with Crippen LogP contribution in [0.1, 0.15) is 24.8 Å². The third-order valence-electron chi connectivity index (χ3n) is 3.49. The van der Waals surface area contributed by atoms with E-state index in [0.29, 0.717) is 21.9 Å². The second-order valence-electron chi connectivity index (χ2n) is 4.70. The third-order valence-corrected chi connectivity index (χ3v) is 4.46. The third kappa shape index (κ3) is 3.03. The van der Waals surface area contributed by atoms with Crippen molar-refractivity contribution in [2.24, 2.45) is 0 Å². The largest absolute Gasteiger partial charge is 0.381 e. The van der Waals surface area contributed by atoms with E-state index in [2.05, 4.69) is 26.2 Å². The molecule has 0 aromatic carbocycles. The van der Waals surface area contributed by atoms with Crippen LogP contribution in [-0.4, -0.2) is 29.2 Å². The van der Waals surface area contributed by atoms with Crippen LogP contribution in [0.25, 0.3) is 0 Å². The minimum atomic E-state index is -0.423. The van der Waals surface area contributed by atoms with Gasteiger partial charge >= 0.3 is 0 Å². The summed E-state index contributed by atoms with van der Waals surface area (Å²) in [5.41, 5.74) is 0.613. The zero-order valence-electron chi connectivity index (χ0n) is 10.9. The molecule has 1 aromatic rings. The van der Waals surface area contributed by atoms with Gasteiger partial charge in [0.1, 0.15) is 12.0 Å². The van der Waals surface area contributed by atoms with Crippen molar-refractivity contribution in [3.63, 3.8) is 0 Å². The van der Waals surface area contributed by atoms with Crippen LogP contribution < -0.4 is 5.32 Å². The van der Waals surface area contributed by atoms with Gasteiger partial charge in [0.25, 0.3) is 5.69 Å². The number of hydrogen-bond donors (Lipinski definition) is 1. The topological polar surface area (TPSA) is 77.3 Å². The first-order chi connectivity index (χ1) is 9.02. The summed E-state index contributed by atoms with van der Waals surface area (Å²) in [6.07, 6.45) is 4.56. The highest BCUT2D eigenvalue weighted by Gasteiger charge is 2.26. The lowest BCUT2D eigenvalue weighted by atomic mass is 10.2. The molecule has 19 heavy (non-hydrogen) atoms. The number of halogens is 1. The molecule has 6 nitrogen and oxygen atoms in total. The van der Waals surface area contributed by atoms with Crippen molar-refractivity contribution in [1.82, 2.24) is 4.98 Å². The van der Waals surface area contributed by atoms with Crippen molar-refractivity contribution in [2.75, 3.05) is 12.4 Å². The van der Waals surface area contributed by atoms with Crippen LogP contribution in [0.5, 0.6) is 0 Å². The summed E-state index contributed by atoms with van der Waals surface area (Å²) in [4.78, 5) is 14.5. The molecule has 2 unspecified atom stereocenters. The number of nitrogens with one attached hydrogen (secondary N) is 1. The Morgan fingerprint density at radius 2 is 2.32 bits per heavy atom. The fourth-order valence-electron chi connectivity index (χ4n) is 2.33. The Balaban J connectivity index is 2.14. The van der Waals surface area contributed by atoms with Crippen LogP contribution >= 0.6 is 15.9 Å². The molecule has 0 spiro atoms. The van der Waals surface area contributed by atoms with Crippen molar-refractivity contribution >= 4 is 27.4 Å². The number of ether oxygens (including phenoxy) is 1. The molecule has 104 valence electrons. The summed E-state index contributed by atoms with van der Waals surface area (Å²) in [6.45, 7) is 1.71. The number of nitrogens with zero attached hydrogens (tertiary/aromatic N) is 2. The van der Waals surface area contributed by atoms with Gasteiger partial charge < -0.3 is 10.1 Å². The molecule has 1 saturated carbocycles. The highest BCUT2D eigenvalue weighted by atomic mass is 79.9. The van der Waals surface area contributed by atoms with Gasteiger partial charge in [-0.05, 0) is 42.1 Å². The predicted molar refractivity (Wildman–Crippen MR) is 75.4 cm³/mol.